The number of piperidine rings is 1. The van der Waals surface area contributed by atoms with Gasteiger partial charge in [-0.3, -0.25) is 0 Å². The third-order valence-corrected chi connectivity index (χ3v) is 11.6. The summed E-state index contributed by atoms with van der Waals surface area (Å²) < 4.78 is 5.65. The van der Waals surface area contributed by atoms with Gasteiger partial charge in [0.15, 0.2) is 5.82 Å². The Hall–Kier alpha value is -2.34. The van der Waals surface area contributed by atoms with E-state index in [1.165, 1.54) is 24.6 Å². The van der Waals surface area contributed by atoms with Gasteiger partial charge < -0.3 is 30.1 Å². The second-order valence-electron chi connectivity index (χ2n) is 14.7. The van der Waals surface area contributed by atoms with E-state index in [0.717, 1.165) is 43.7 Å². The van der Waals surface area contributed by atoms with Crippen LogP contribution < -0.4 is 15.1 Å². The lowest BCUT2D eigenvalue weighted by Gasteiger charge is -2.46. The lowest BCUT2D eigenvalue weighted by molar-refractivity contribution is 0.00436. The van der Waals surface area contributed by atoms with Gasteiger partial charge in [0.05, 0.1) is 23.4 Å². The van der Waals surface area contributed by atoms with Gasteiger partial charge in [0.25, 0.3) is 0 Å². The number of aromatic nitrogens is 3. The quantitative estimate of drug-likeness (QED) is 0.359. The minimum atomic E-state index is -0.739. The Morgan fingerprint density at radius 2 is 1.68 bits per heavy atom. The molecule has 2 aliphatic carbocycles. The van der Waals surface area contributed by atoms with Gasteiger partial charge in [0.1, 0.15) is 22.1 Å². The third-order valence-electron chi connectivity index (χ3n) is 10.1. The number of hydrogen-bond donors (Lipinski definition) is 3. The highest BCUT2D eigenvalue weighted by molar-refractivity contribution is 7.99. The number of carbonyl (C=O) groups is 1. The third kappa shape index (κ3) is 6.22. The fraction of sp³-hybridized carbons (Fsp3) is 0.688. The van der Waals surface area contributed by atoms with Crippen molar-refractivity contribution < 1.29 is 19.7 Å². The van der Waals surface area contributed by atoms with Gasteiger partial charge in [0.2, 0.25) is 0 Å². The van der Waals surface area contributed by atoms with Crippen LogP contribution in [-0.2, 0) is 11.3 Å². The SMILES string of the molecule is CC(C)(C)OC(=O)NC1C2(CCN(c3ncc(Sc4ccnc(N5CC(C(C)(C)O)C5)c4Cl)nc3CO)CC2)CCC12CC2. The summed E-state index contributed by atoms with van der Waals surface area (Å²) in [5, 5.41) is 25.1. The molecule has 44 heavy (non-hydrogen) atoms. The molecule has 4 heterocycles. The van der Waals surface area contributed by atoms with E-state index in [1.54, 1.807) is 12.4 Å². The van der Waals surface area contributed by atoms with Crippen molar-refractivity contribution in [3.05, 3.63) is 29.2 Å². The maximum atomic E-state index is 12.8. The predicted molar refractivity (Wildman–Crippen MR) is 171 cm³/mol. The Morgan fingerprint density at radius 1 is 1.05 bits per heavy atom. The molecule has 4 fully saturated rings. The number of amides is 1. The van der Waals surface area contributed by atoms with E-state index in [2.05, 4.69) is 20.1 Å². The Kier molecular flexibility index (Phi) is 8.25. The Balaban J connectivity index is 1.12. The zero-order chi connectivity index (χ0) is 31.5. The van der Waals surface area contributed by atoms with Gasteiger partial charge >= 0.3 is 6.09 Å². The average molecular weight is 645 g/mol. The van der Waals surface area contributed by atoms with Crippen LogP contribution in [0.4, 0.5) is 16.4 Å². The highest BCUT2D eigenvalue weighted by Crippen LogP contribution is 2.66. The van der Waals surface area contributed by atoms with Gasteiger partial charge in [0, 0.05) is 49.2 Å². The van der Waals surface area contributed by atoms with Crippen molar-refractivity contribution in [3.63, 3.8) is 0 Å². The fourth-order valence-corrected chi connectivity index (χ4v) is 8.46. The summed E-state index contributed by atoms with van der Waals surface area (Å²) in [6, 6.07) is 1.99. The van der Waals surface area contributed by atoms with Crippen LogP contribution >= 0.6 is 23.4 Å². The topological polar surface area (TPSA) is 124 Å². The summed E-state index contributed by atoms with van der Waals surface area (Å²) in [4.78, 5) is 32.0. The number of pyridine rings is 1. The summed E-state index contributed by atoms with van der Waals surface area (Å²) in [5.74, 6) is 1.58. The minimum absolute atomic E-state index is 0.0473. The molecule has 240 valence electrons. The molecule has 2 aliphatic heterocycles. The van der Waals surface area contributed by atoms with E-state index in [-0.39, 0.29) is 35.5 Å². The largest absolute Gasteiger partial charge is 0.444 e. The lowest BCUT2D eigenvalue weighted by atomic mass is 9.72. The second kappa shape index (κ2) is 11.5. The number of alkyl carbamates (subject to hydrolysis) is 1. The molecule has 10 nitrogen and oxygen atoms in total. The molecule has 2 spiro atoms. The molecule has 1 amide bonds. The molecule has 4 aliphatic rings. The first-order valence-electron chi connectivity index (χ1n) is 15.7. The molecule has 3 N–H and O–H groups in total. The summed E-state index contributed by atoms with van der Waals surface area (Å²) in [7, 11) is 0. The van der Waals surface area contributed by atoms with Crippen LogP contribution in [-0.4, -0.2) is 74.7 Å². The highest BCUT2D eigenvalue weighted by Gasteiger charge is 2.63. The number of aliphatic hydroxyl groups excluding tert-OH is 1. The number of carbonyl (C=O) groups excluding carboxylic acids is 1. The Bertz CT molecular complexity index is 1390. The van der Waals surface area contributed by atoms with Crippen molar-refractivity contribution in [1.29, 1.82) is 0 Å². The molecule has 2 aromatic rings. The molecular formula is C32H45ClN6O4S. The first-order chi connectivity index (χ1) is 20.7. The van der Waals surface area contributed by atoms with Crippen LogP contribution in [0.1, 0.15) is 78.8 Å². The van der Waals surface area contributed by atoms with E-state index < -0.39 is 11.2 Å². The monoisotopic (exact) mass is 644 g/mol. The normalized spacial score (nSPS) is 22.8. The van der Waals surface area contributed by atoms with Gasteiger partial charge in [-0.05, 0) is 90.0 Å². The molecule has 1 atom stereocenters. The van der Waals surface area contributed by atoms with Gasteiger partial charge in [-0.15, -0.1) is 0 Å². The number of hydrogen-bond acceptors (Lipinski definition) is 10. The first-order valence-corrected chi connectivity index (χ1v) is 16.9. The van der Waals surface area contributed by atoms with Crippen molar-refractivity contribution in [2.45, 2.75) is 107 Å². The van der Waals surface area contributed by atoms with E-state index in [9.17, 15) is 15.0 Å². The van der Waals surface area contributed by atoms with Crippen LogP contribution in [0.15, 0.2) is 28.4 Å². The number of rotatable bonds is 7. The summed E-state index contributed by atoms with van der Waals surface area (Å²) in [6.07, 6.45) is 9.65. The minimum Gasteiger partial charge on any atom is -0.444 e. The van der Waals surface area contributed by atoms with Gasteiger partial charge in [-0.2, -0.15) is 0 Å². The number of ether oxygens (including phenoxy) is 1. The van der Waals surface area contributed by atoms with E-state index in [1.807, 2.05) is 40.7 Å². The van der Waals surface area contributed by atoms with Gasteiger partial charge in [-0.1, -0.05) is 23.4 Å². The maximum Gasteiger partial charge on any atom is 0.407 e. The standard InChI is InChI=1S/C32H45ClN6O4S/c1-29(2,3)43-28(41)37-27-31(7-8-31)9-10-32(27)11-14-38(15-12-32)25-21(19-40)36-23(16-35-25)44-22-6-13-34-26(24(22)33)39-17-20(18-39)30(4,5)42/h6,13,16,20,27,40,42H,7-12,14-15,17-19H2,1-5H3,(H,37,41). The van der Waals surface area contributed by atoms with Crippen LogP contribution in [0, 0.1) is 16.7 Å². The van der Waals surface area contributed by atoms with Crippen LogP contribution in [0.2, 0.25) is 5.02 Å². The van der Waals surface area contributed by atoms with Crippen molar-refractivity contribution in [1.82, 2.24) is 20.3 Å². The zero-order valence-electron chi connectivity index (χ0n) is 26.4. The number of nitrogens with zero attached hydrogens (tertiary/aromatic N) is 5. The molecule has 0 radical (unpaired) electrons. The van der Waals surface area contributed by atoms with Crippen molar-refractivity contribution in [2.75, 3.05) is 36.0 Å². The van der Waals surface area contributed by atoms with Gasteiger partial charge in [-0.25, -0.2) is 19.7 Å². The molecule has 2 saturated carbocycles. The summed E-state index contributed by atoms with van der Waals surface area (Å²) in [6.45, 7) is 12.1. The second-order valence-corrected chi connectivity index (χ2v) is 16.2. The fourth-order valence-electron chi connectivity index (χ4n) is 7.32. The average Bonchev–Trinajstić information content (AvgIpc) is 3.66. The Labute approximate surface area is 269 Å². The summed E-state index contributed by atoms with van der Waals surface area (Å²) >= 11 is 8.19. The maximum absolute atomic E-state index is 12.8. The van der Waals surface area contributed by atoms with Crippen LogP contribution in [0.5, 0.6) is 0 Å². The van der Waals surface area contributed by atoms with E-state index in [4.69, 9.17) is 26.3 Å². The molecule has 12 heteroatoms. The zero-order valence-corrected chi connectivity index (χ0v) is 28.0. The number of nitrogens with one attached hydrogen (secondary N) is 1. The smallest absolute Gasteiger partial charge is 0.407 e. The van der Waals surface area contributed by atoms with Crippen LogP contribution in [0.3, 0.4) is 0 Å². The van der Waals surface area contributed by atoms with Crippen molar-refractivity contribution in [2.24, 2.45) is 16.7 Å². The van der Waals surface area contributed by atoms with E-state index >= 15 is 0 Å². The van der Waals surface area contributed by atoms with Crippen molar-refractivity contribution in [3.8, 4) is 0 Å². The first kappa shape index (κ1) is 31.6. The lowest BCUT2D eigenvalue weighted by Crippen LogP contribution is -2.56. The summed E-state index contributed by atoms with van der Waals surface area (Å²) in [5.41, 5.74) is -0.459. The molecule has 2 saturated heterocycles. The molecule has 2 aromatic heterocycles. The highest BCUT2D eigenvalue weighted by atomic mass is 35.5. The number of anilines is 2. The molecule has 0 aromatic carbocycles. The number of halogens is 1. The number of aliphatic hydroxyl groups is 2. The van der Waals surface area contributed by atoms with E-state index in [0.29, 0.717) is 40.5 Å². The predicted octanol–water partition coefficient (Wildman–Crippen LogP) is 5.43. The van der Waals surface area contributed by atoms with Crippen molar-refractivity contribution >= 4 is 41.1 Å². The molecule has 0 bridgehead atoms. The molecule has 1 unspecified atom stereocenters. The Morgan fingerprint density at radius 3 is 2.27 bits per heavy atom. The molecular weight excluding hydrogens is 600 g/mol. The van der Waals surface area contributed by atoms with Crippen LogP contribution in [0.25, 0.3) is 0 Å². The molecule has 6 rings (SSSR count).